The fraction of sp³-hybridized carbons (Fsp3) is 0.444. The Morgan fingerprint density at radius 3 is 2.82 bits per heavy atom. The highest BCUT2D eigenvalue weighted by atomic mass is 16.2. The predicted octanol–water partition coefficient (Wildman–Crippen LogP) is 2.90. The van der Waals surface area contributed by atoms with Gasteiger partial charge in [0, 0.05) is 25.4 Å². The first-order chi connectivity index (χ1) is 10.8. The number of aryl methyl sites for hydroxylation is 1. The molecule has 4 nitrogen and oxygen atoms in total. The van der Waals surface area contributed by atoms with Gasteiger partial charge in [-0.2, -0.15) is 5.10 Å². The SMILES string of the molecule is O=C(CCc1ccccc1)N1CCCC[C@H]1Cn1cccn1. The molecule has 1 saturated heterocycles. The van der Waals surface area contributed by atoms with Crippen LogP contribution in [0.2, 0.25) is 0 Å². The maximum Gasteiger partial charge on any atom is 0.223 e. The number of amides is 1. The molecule has 0 spiro atoms. The first kappa shape index (κ1) is 14.8. The molecule has 22 heavy (non-hydrogen) atoms. The van der Waals surface area contributed by atoms with Crippen molar-refractivity contribution in [2.75, 3.05) is 6.54 Å². The Balaban J connectivity index is 1.58. The lowest BCUT2D eigenvalue weighted by Crippen LogP contribution is -2.46. The zero-order valence-electron chi connectivity index (χ0n) is 12.9. The second kappa shape index (κ2) is 7.25. The van der Waals surface area contributed by atoms with Gasteiger partial charge in [-0.1, -0.05) is 30.3 Å². The lowest BCUT2D eigenvalue weighted by atomic mass is 10.0. The van der Waals surface area contributed by atoms with Crippen LogP contribution < -0.4 is 0 Å². The molecule has 1 atom stereocenters. The van der Waals surface area contributed by atoms with Crippen LogP contribution in [0.4, 0.5) is 0 Å². The van der Waals surface area contributed by atoms with Crippen LogP contribution in [-0.4, -0.2) is 33.2 Å². The highest BCUT2D eigenvalue weighted by molar-refractivity contribution is 5.76. The summed E-state index contributed by atoms with van der Waals surface area (Å²) in [6, 6.07) is 12.5. The van der Waals surface area contributed by atoms with Gasteiger partial charge in [-0.05, 0) is 37.3 Å². The number of benzene rings is 1. The predicted molar refractivity (Wildman–Crippen MR) is 86.3 cm³/mol. The first-order valence-corrected chi connectivity index (χ1v) is 8.14. The Hall–Kier alpha value is -2.10. The van der Waals surface area contributed by atoms with Gasteiger partial charge in [0.05, 0.1) is 12.6 Å². The Bertz CT molecular complexity index is 580. The van der Waals surface area contributed by atoms with Gasteiger partial charge in [0.15, 0.2) is 0 Å². The number of aromatic nitrogens is 2. The lowest BCUT2D eigenvalue weighted by Gasteiger charge is -2.36. The molecular weight excluding hydrogens is 274 g/mol. The summed E-state index contributed by atoms with van der Waals surface area (Å²) in [5.41, 5.74) is 1.23. The number of rotatable bonds is 5. The Morgan fingerprint density at radius 1 is 1.18 bits per heavy atom. The molecule has 1 aromatic carbocycles. The topological polar surface area (TPSA) is 38.1 Å². The summed E-state index contributed by atoms with van der Waals surface area (Å²) in [5.74, 6) is 0.278. The molecule has 1 aliphatic heterocycles. The van der Waals surface area contributed by atoms with Crippen molar-refractivity contribution < 1.29 is 4.79 Å². The minimum Gasteiger partial charge on any atom is -0.338 e. The first-order valence-electron chi connectivity index (χ1n) is 8.14. The van der Waals surface area contributed by atoms with Crippen molar-refractivity contribution in [2.24, 2.45) is 0 Å². The Morgan fingerprint density at radius 2 is 2.05 bits per heavy atom. The van der Waals surface area contributed by atoms with Gasteiger partial charge in [0.25, 0.3) is 0 Å². The molecule has 116 valence electrons. The van der Waals surface area contributed by atoms with Crippen LogP contribution in [-0.2, 0) is 17.8 Å². The number of hydrogen-bond acceptors (Lipinski definition) is 2. The fourth-order valence-corrected chi connectivity index (χ4v) is 3.18. The molecule has 4 heteroatoms. The number of nitrogens with zero attached hydrogens (tertiary/aromatic N) is 3. The molecule has 2 aromatic rings. The number of carbonyl (C=O) groups is 1. The van der Waals surface area contributed by atoms with E-state index in [1.165, 1.54) is 12.0 Å². The van der Waals surface area contributed by atoms with E-state index in [0.29, 0.717) is 6.42 Å². The molecule has 1 aromatic heterocycles. The van der Waals surface area contributed by atoms with E-state index in [1.807, 2.05) is 35.1 Å². The second-order valence-electron chi connectivity index (χ2n) is 5.95. The summed E-state index contributed by atoms with van der Waals surface area (Å²) in [6.45, 7) is 1.70. The van der Waals surface area contributed by atoms with Crippen LogP contribution in [0.1, 0.15) is 31.2 Å². The molecule has 1 aliphatic rings. The van der Waals surface area contributed by atoms with Crippen molar-refractivity contribution >= 4 is 5.91 Å². The second-order valence-corrected chi connectivity index (χ2v) is 5.95. The standard InChI is InChI=1S/C18H23N3O/c22-18(11-10-16-7-2-1-3-8-16)21-14-5-4-9-17(21)15-20-13-6-12-19-20/h1-3,6-8,12-13,17H,4-5,9-11,14-15H2/t17-/m0/s1. The Kier molecular flexibility index (Phi) is 4.88. The van der Waals surface area contributed by atoms with E-state index in [2.05, 4.69) is 22.1 Å². The van der Waals surface area contributed by atoms with E-state index in [-0.39, 0.29) is 11.9 Å². The quantitative estimate of drug-likeness (QED) is 0.851. The average molecular weight is 297 g/mol. The summed E-state index contributed by atoms with van der Waals surface area (Å²) >= 11 is 0. The van der Waals surface area contributed by atoms with Gasteiger partial charge in [0.1, 0.15) is 0 Å². The van der Waals surface area contributed by atoms with Crippen LogP contribution >= 0.6 is 0 Å². The third-order valence-corrected chi connectivity index (χ3v) is 4.37. The van der Waals surface area contributed by atoms with Gasteiger partial charge in [-0.3, -0.25) is 9.48 Å². The minimum atomic E-state index is 0.278. The van der Waals surface area contributed by atoms with E-state index in [0.717, 1.165) is 32.4 Å². The van der Waals surface area contributed by atoms with Crippen molar-refractivity contribution in [3.8, 4) is 0 Å². The maximum atomic E-state index is 12.6. The molecule has 0 N–H and O–H groups in total. The lowest BCUT2D eigenvalue weighted by molar-refractivity contribution is -0.135. The van der Waals surface area contributed by atoms with Crippen molar-refractivity contribution in [1.29, 1.82) is 0 Å². The van der Waals surface area contributed by atoms with Crippen molar-refractivity contribution in [2.45, 2.75) is 44.7 Å². The van der Waals surface area contributed by atoms with Gasteiger partial charge in [0.2, 0.25) is 5.91 Å². The molecule has 1 amide bonds. The molecule has 0 unspecified atom stereocenters. The molecule has 2 heterocycles. The normalized spacial score (nSPS) is 18.4. The van der Waals surface area contributed by atoms with Crippen LogP contribution in [0.15, 0.2) is 48.8 Å². The summed E-state index contributed by atoms with van der Waals surface area (Å²) < 4.78 is 1.94. The maximum absolute atomic E-state index is 12.6. The van der Waals surface area contributed by atoms with Gasteiger partial charge in [-0.25, -0.2) is 0 Å². The van der Waals surface area contributed by atoms with E-state index in [1.54, 1.807) is 6.20 Å². The monoisotopic (exact) mass is 297 g/mol. The van der Waals surface area contributed by atoms with Crippen LogP contribution in [0, 0.1) is 0 Å². The fourth-order valence-electron chi connectivity index (χ4n) is 3.18. The summed E-state index contributed by atoms with van der Waals surface area (Å²) in [6.07, 6.45) is 8.59. The molecule has 0 radical (unpaired) electrons. The van der Waals surface area contributed by atoms with Crippen molar-refractivity contribution in [3.05, 3.63) is 54.4 Å². The van der Waals surface area contributed by atoms with Crippen LogP contribution in [0.25, 0.3) is 0 Å². The molecule has 3 rings (SSSR count). The highest BCUT2D eigenvalue weighted by Gasteiger charge is 2.26. The molecule has 0 aliphatic carbocycles. The Labute approximate surface area is 131 Å². The van der Waals surface area contributed by atoms with E-state index in [9.17, 15) is 4.79 Å². The number of hydrogen-bond donors (Lipinski definition) is 0. The van der Waals surface area contributed by atoms with Gasteiger partial charge >= 0.3 is 0 Å². The summed E-state index contributed by atoms with van der Waals surface area (Å²) in [4.78, 5) is 14.7. The number of likely N-dealkylation sites (tertiary alicyclic amines) is 1. The third-order valence-electron chi connectivity index (χ3n) is 4.37. The van der Waals surface area contributed by atoms with Crippen LogP contribution in [0.5, 0.6) is 0 Å². The van der Waals surface area contributed by atoms with Gasteiger partial charge < -0.3 is 4.90 Å². The van der Waals surface area contributed by atoms with E-state index in [4.69, 9.17) is 0 Å². The van der Waals surface area contributed by atoms with Gasteiger partial charge in [-0.15, -0.1) is 0 Å². The molecule has 1 fully saturated rings. The zero-order chi connectivity index (χ0) is 15.2. The highest BCUT2D eigenvalue weighted by Crippen LogP contribution is 2.20. The van der Waals surface area contributed by atoms with E-state index < -0.39 is 0 Å². The summed E-state index contributed by atoms with van der Waals surface area (Å²) in [7, 11) is 0. The number of piperidine rings is 1. The summed E-state index contributed by atoms with van der Waals surface area (Å²) in [5, 5.41) is 4.28. The minimum absolute atomic E-state index is 0.278. The smallest absolute Gasteiger partial charge is 0.223 e. The van der Waals surface area contributed by atoms with Crippen molar-refractivity contribution in [1.82, 2.24) is 14.7 Å². The van der Waals surface area contributed by atoms with Crippen LogP contribution in [0.3, 0.4) is 0 Å². The van der Waals surface area contributed by atoms with E-state index >= 15 is 0 Å². The largest absolute Gasteiger partial charge is 0.338 e. The number of carbonyl (C=O) groups excluding carboxylic acids is 1. The third kappa shape index (κ3) is 3.75. The molecule has 0 bridgehead atoms. The molecule has 0 saturated carbocycles. The molecular formula is C18H23N3O. The average Bonchev–Trinajstić information content (AvgIpc) is 3.07. The zero-order valence-corrected chi connectivity index (χ0v) is 12.9. The van der Waals surface area contributed by atoms with Crippen molar-refractivity contribution in [3.63, 3.8) is 0 Å².